The normalized spacial score (nSPS) is 22.4. The topological polar surface area (TPSA) is 41.6 Å². The van der Waals surface area contributed by atoms with E-state index < -0.39 is 5.66 Å². The highest BCUT2D eigenvalue weighted by atomic mass is 16.5. The minimum Gasteiger partial charge on any atom is -0.490 e. The maximum absolute atomic E-state index is 12.3. The number of nitrogens with one attached hydrogen (secondary N) is 1. The van der Waals surface area contributed by atoms with Gasteiger partial charge in [0.25, 0.3) is 0 Å². The first kappa shape index (κ1) is 17.4. The highest BCUT2D eigenvalue weighted by Crippen LogP contribution is 2.52. The van der Waals surface area contributed by atoms with Gasteiger partial charge in [-0.05, 0) is 35.4 Å². The van der Waals surface area contributed by atoms with Crippen molar-refractivity contribution in [3.8, 4) is 5.75 Å². The van der Waals surface area contributed by atoms with Crippen molar-refractivity contribution in [3.63, 3.8) is 0 Å². The van der Waals surface area contributed by atoms with E-state index in [1.165, 1.54) is 5.56 Å². The molecule has 4 heteroatoms. The molecule has 1 fully saturated rings. The van der Waals surface area contributed by atoms with Crippen LogP contribution in [0.25, 0.3) is 6.08 Å². The van der Waals surface area contributed by atoms with Crippen LogP contribution < -0.4 is 15.0 Å². The zero-order chi connectivity index (χ0) is 19.1. The molecule has 2 aromatic carbocycles. The molecule has 27 heavy (non-hydrogen) atoms. The van der Waals surface area contributed by atoms with E-state index in [-0.39, 0.29) is 11.3 Å². The number of anilines is 1. The lowest BCUT2D eigenvalue weighted by atomic mass is 9.75. The fourth-order valence-corrected chi connectivity index (χ4v) is 4.19. The second-order valence-corrected chi connectivity index (χ2v) is 7.54. The van der Waals surface area contributed by atoms with Gasteiger partial charge in [-0.3, -0.25) is 4.79 Å². The van der Waals surface area contributed by atoms with Crippen LogP contribution in [0.4, 0.5) is 5.69 Å². The van der Waals surface area contributed by atoms with Gasteiger partial charge in [-0.1, -0.05) is 62.9 Å². The van der Waals surface area contributed by atoms with E-state index in [1.807, 2.05) is 30.3 Å². The maximum atomic E-state index is 12.3. The van der Waals surface area contributed by atoms with Gasteiger partial charge in [0.2, 0.25) is 5.91 Å². The fourth-order valence-electron chi connectivity index (χ4n) is 4.19. The van der Waals surface area contributed by atoms with Crippen LogP contribution >= 0.6 is 0 Å². The lowest BCUT2D eigenvalue weighted by Crippen LogP contribution is -2.58. The number of amides is 1. The summed E-state index contributed by atoms with van der Waals surface area (Å²) in [4.78, 5) is 14.5. The van der Waals surface area contributed by atoms with Crippen LogP contribution in [0.1, 0.15) is 25.0 Å². The third-order valence-electron chi connectivity index (χ3n) is 5.64. The Morgan fingerprint density at radius 3 is 2.67 bits per heavy atom. The number of nitrogens with zero attached hydrogens (tertiary/aromatic N) is 1. The predicted molar refractivity (Wildman–Crippen MR) is 109 cm³/mol. The smallest absolute Gasteiger partial charge is 0.241 e. The monoisotopic (exact) mass is 360 g/mol. The van der Waals surface area contributed by atoms with E-state index in [0.717, 1.165) is 17.0 Å². The Bertz CT molecular complexity index is 914. The molecule has 0 radical (unpaired) electrons. The number of para-hydroxylation sites is 1. The number of hydrogen-bond donors (Lipinski definition) is 1. The minimum absolute atomic E-state index is 0.0513. The number of rotatable bonds is 5. The SMILES string of the molecule is C=CCOc1ccc(C=C[C@@]23NC(=O)CN2c2ccccc2C3(C)C)cc1. The summed E-state index contributed by atoms with van der Waals surface area (Å²) in [5.41, 5.74) is 2.62. The summed E-state index contributed by atoms with van der Waals surface area (Å²) in [5.74, 6) is 0.866. The lowest BCUT2D eigenvalue weighted by molar-refractivity contribution is -0.118. The molecule has 1 saturated heterocycles. The van der Waals surface area contributed by atoms with Crippen molar-refractivity contribution in [2.45, 2.75) is 24.9 Å². The van der Waals surface area contributed by atoms with E-state index in [1.54, 1.807) is 6.08 Å². The number of ether oxygens (including phenoxy) is 1. The van der Waals surface area contributed by atoms with Crippen LogP contribution in [-0.4, -0.2) is 24.7 Å². The van der Waals surface area contributed by atoms with Crippen molar-refractivity contribution >= 4 is 17.7 Å². The Morgan fingerprint density at radius 1 is 1.19 bits per heavy atom. The summed E-state index contributed by atoms with van der Waals surface area (Å²) in [7, 11) is 0. The third kappa shape index (κ3) is 2.64. The van der Waals surface area contributed by atoms with Crippen molar-refractivity contribution in [3.05, 3.63) is 78.4 Å². The van der Waals surface area contributed by atoms with Gasteiger partial charge in [0.05, 0.1) is 6.54 Å². The second-order valence-electron chi connectivity index (χ2n) is 7.54. The molecule has 2 aromatic rings. The lowest BCUT2D eigenvalue weighted by Gasteiger charge is -2.40. The molecule has 4 rings (SSSR count). The van der Waals surface area contributed by atoms with E-state index in [2.05, 4.69) is 61.0 Å². The molecule has 4 nitrogen and oxygen atoms in total. The molecule has 138 valence electrons. The highest BCUT2D eigenvalue weighted by molar-refractivity contribution is 5.91. The number of carbonyl (C=O) groups is 1. The first-order valence-corrected chi connectivity index (χ1v) is 9.19. The van der Waals surface area contributed by atoms with Gasteiger partial charge in [-0.15, -0.1) is 0 Å². The Kier molecular flexibility index (Phi) is 4.06. The summed E-state index contributed by atoms with van der Waals surface area (Å²) in [5, 5.41) is 3.24. The fraction of sp³-hybridized carbons (Fsp3) is 0.261. The van der Waals surface area contributed by atoms with Crippen LogP contribution in [0.5, 0.6) is 5.75 Å². The largest absolute Gasteiger partial charge is 0.490 e. The van der Waals surface area contributed by atoms with Crippen molar-refractivity contribution in [1.29, 1.82) is 0 Å². The molecule has 1 amide bonds. The van der Waals surface area contributed by atoms with E-state index in [4.69, 9.17) is 4.74 Å². The Hall–Kier alpha value is -3.01. The molecule has 0 unspecified atom stereocenters. The van der Waals surface area contributed by atoms with Crippen LogP contribution in [0.2, 0.25) is 0 Å². The van der Waals surface area contributed by atoms with Gasteiger partial charge < -0.3 is 15.0 Å². The van der Waals surface area contributed by atoms with Crippen molar-refractivity contribution in [1.82, 2.24) is 5.32 Å². The molecule has 2 aliphatic rings. The molecule has 0 bridgehead atoms. The Balaban J connectivity index is 1.68. The van der Waals surface area contributed by atoms with Gasteiger partial charge in [-0.2, -0.15) is 0 Å². The standard InChI is InChI=1S/C23H24N2O2/c1-4-15-27-18-11-9-17(10-12-18)13-14-23-22(2,3)19-7-5-6-8-20(19)25(23)16-21(26)24-23/h4-14H,1,15-16H2,2-3H3,(H,24,26)/t23-/m1/s1. The van der Waals surface area contributed by atoms with Crippen LogP contribution in [-0.2, 0) is 10.2 Å². The Labute approximate surface area is 160 Å². The van der Waals surface area contributed by atoms with Gasteiger partial charge in [-0.25, -0.2) is 0 Å². The zero-order valence-corrected chi connectivity index (χ0v) is 15.7. The van der Waals surface area contributed by atoms with E-state index in [9.17, 15) is 4.79 Å². The minimum atomic E-state index is -0.564. The molecule has 0 spiro atoms. The molecule has 0 aromatic heterocycles. The number of carbonyl (C=O) groups excluding carboxylic acids is 1. The first-order valence-electron chi connectivity index (χ1n) is 9.19. The summed E-state index contributed by atoms with van der Waals surface area (Å²) < 4.78 is 5.54. The number of fused-ring (bicyclic) bond motifs is 3. The van der Waals surface area contributed by atoms with Gasteiger partial charge in [0.15, 0.2) is 0 Å². The first-order chi connectivity index (χ1) is 13.0. The molecule has 1 N–H and O–H groups in total. The van der Waals surface area contributed by atoms with Gasteiger partial charge >= 0.3 is 0 Å². The molecule has 1 atom stereocenters. The molecule has 2 aliphatic heterocycles. The van der Waals surface area contributed by atoms with Crippen molar-refractivity contribution in [2.24, 2.45) is 0 Å². The Morgan fingerprint density at radius 2 is 1.93 bits per heavy atom. The number of benzene rings is 2. The van der Waals surface area contributed by atoms with E-state index in [0.29, 0.717) is 13.2 Å². The van der Waals surface area contributed by atoms with Crippen LogP contribution in [0, 0.1) is 0 Å². The molecule has 2 heterocycles. The molecule has 0 saturated carbocycles. The summed E-state index contributed by atoms with van der Waals surface area (Å²) in [6.07, 6.45) is 5.92. The van der Waals surface area contributed by atoms with Crippen molar-refractivity contribution < 1.29 is 9.53 Å². The second kappa shape index (κ2) is 6.31. The van der Waals surface area contributed by atoms with Crippen LogP contribution in [0.3, 0.4) is 0 Å². The maximum Gasteiger partial charge on any atom is 0.241 e. The zero-order valence-electron chi connectivity index (χ0n) is 15.7. The van der Waals surface area contributed by atoms with Gasteiger partial charge in [0.1, 0.15) is 18.0 Å². The quantitative estimate of drug-likeness (QED) is 0.823. The summed E-state index contributed by atoms with van der Waals surface area (Å²) in [6.45, 7) is 8.90. The molecule has 0 aliphatic carbocycles. The highest BCUT2D eigenvalue weighted by Gasteiger charge is 2.59. The predicted octanol–water partition coefficient (Wildman–Crippen LogP) is 3.89. The average Bonchev–Trinajstić information content (AvgIpc) is 3.10. The van der Waals surface area contributed by atoms with Crippen LogP contribution in [0.15, 0.2) is 67.3 Å². The average molecular weight is 360 g/mol. The summed E-state index contributed by atoms with van der Waals surface area (Å²) >= 11 is 0. The molecular formula is C23H24N2O2. The third-order valence-corrected chi connectivity index (χ3v) is 5.64. The molecular weight excluding hydrogens is 336 g/mol. The van der Waals surface area contributed by atoms with Crippen molar-refractivity contribution in [2.75, 3.05) is 18.1 Å². The van der Waals surface area contributed by atoms with E-state index >= 15 is 0 Å². The van der Waals surface area contributed by atoms with Gasteiger partial charge in [0, 0.05) is 11.1 Å². The summed E-state index contributed by atoms with van der Waals surface area (Å²) in [6, 6.07) is 16.3. The number of hydrogen-bond acceptors (Lipinski definition) is 3.